The van der Waals surface area contributed by atoms with Crippen molar-refractivity contribution in [1.29, 1.82) is 0 Å². The topological polar surface area (TPSA) is 55.1 Å². The van der Waals surface area contributed by atoms with E-state index >= 15 is 0 Å². The van der Waals surface area contributed by atoms with Gasteiger partial charge in [-0.25, -0.2) is 0 Å². The molecule has 0 spiro atoms. The summed E-state index contributed by atoms with van der Waals surface area (Å²) in [7, 11) is 0. The average Bonchev–Trinajstić information content (AvgIpc) is 3.31. The number of hydrogen-bond donors (Lipinski definition) is 2. The van der Waals surface area contributed by atoms with Crippen molar-refractivity contribution in [3.63, 3.8) is 0 Å². The van der Waals surface area contributed by atoms with Gasteiger partial charge in [0.05, 0.1) is 10.6 Å². The molecule has 0 saturated heterocycles. The fourth-order valence-electron chi connectivity index (χ4n) is 2.35. The monoisotopic (exact) mass is 300 g/mol. The summed E-state index contributed by atoms with van der Waals surface area (Å²) >= 11 is 5.93. The van der Waals surface area contributed by atoms with Crippen LogP contribution >= 0.6 is 11.6 Å². The van der Waals surface area contributed by atoms with Crippen LogP contribution < -0.4 is 11.1 Å². The van der Waals surface area contributed by atoms with Crippen LogP contribution in [0.15, 0.2) is 42.5 Å². The molecule has 3 N–H and O–H groups in total. The van der Waals surface area contributed by atoms with E-state index in [2.05, 4.69) is 29.6 Å². The Balaban J connectivity index is 1.66. The summed E-state index contributed by atoms with van der Waals surface area (Å²) in [5.41, 5.74) is 9.10. The normalized spacial score (nSPS) is 14.0. The van der Waals surface area contributed by atoms with Crippen LogP contribution in [0.3, 0.4) is 0 Å². The van der Waals surface area contributed by atoms with Crippen molar-refractivity contribution in [2.75, 3.05) is 5.32 Å². The molecule has 3 nitrogen and oxygen atoms in total. The minimum Gasteiger partial charge on any atom is -0.381 e. The molecule has 2 aromatic carbocycles. The molecule has 1 aliphatic carbocycles. The van der Waals surface area contributed by atoms with Crippen molar-refractivity contribution in [3.8, 4) is 0 Å². The number of anilines is 1. The highest BCUT2D eigenvalue weighted by Crippen LogP contribution is 2.39. The Morgan fingerprint density at radius 1 is 1.19 bits per heavy atom. The molecular formula is C17H17ClN2O. The number of carbonyl (C=O) groups is 1. The van der Waals surface area contributed by atoms with Gasteiger partial charge >= 0.3 is 0 Å². The summed E-state index contributed by atoms with van der Waals surface area (Å²) in [5.74, 6) is 0.263. The number of primary amides is 1. The third-order valence-corrected chi connectivity index (χ3v) is 4.09. The first-order valence-electron chi connectivity index (χ1n) is 7.05. The number of carbonyl (C=O) groups excluding carboxylic acids is 1. The van der Waals surface area contributed by atoms with E-state index in [9.17, 15) is 4.79 Å². The van der Waals surface area contributed by atoms with Crippen LogP contribution in [0.2, 0.25) is 5.02 Å². The van der Waals surface area contributed by atoms with Gasteiger partial charge in [0.1, 0.15) is 0 Å². The number of halogens is 1. The van der Waals surface area contributed by atoms with Gasteiger partial charge in [-0.2, -0.15) is 0 Å². The number of benzene rings is 2. The highest BCUT2D eigenvalue weighted by molar-refractivity contribution is 6.33. The van der Waals surface area contributed by atoms with Gasteiger partial charge in [0.2, 0.25) is 5.91 Å². The molecule has 21 heavy (non-hydrogen) atoms. The number of hydrogen-bond acceptors (Lipinski definition) is 2. The molecule has 0 aromatic heterocycles. The van der Waals surface area contributed by atoms with Gasteiger partial charge in [0.15, 0.2) is 0 Å². The van der Waals surface area contributed by atoms with Gasteiger partial charge in [-0.1, -0.05) is 35.9 Å². The number of nitrogens with two attached hydrogens (primary N) is 1. The molecule has 0 atom stereocenters. The molecule has 1 fully saturated rings. The Bertz CT molecular complexity index is 663. The lowest BCUT2D eigenvalue weighted by Crippen LogP contribution is -2.12. The Morgan fingerprint density at radius 2 is 1.90 bits per heavy atom. The van der Waals surface area contributed by atoms with Crippen LogP contribution in [-0.2, 0) is 6.54 Å². The highest BCUT2D eigenvalue weighted by Gasteiger charge is 2.22. The van der Waals surface area contributed by atoms with Crippen LogP contribution in [0.25, 0.3) is 0 Å². The molecule has 0 bridgehead atoms. The lowest BCUT2D eigenvalue weighted by Gasteiger charge is -2.09. The van der Waals surface area contributed by atoms with Crippen molar-refractivity contribution < 1.29 is 4.79 Å². The third kappa shape index (κ3) is 3.37. The first-order valence-corrected chi connectivity index (χ1v) is 7.43. The molecule has 108 valence electrons. The Kier molecular flexibility index (Phi) is 3.84. The second-order valence-corrected chi connectivity index (χ2v) is 5.84. The van der Waals surface area contributed by atoms with E-state index in [1.807, 2.05) is 6.07 Å². The molecule has 1 amide bonds. The summed E-state index contributed by atoms with van der Waals surface area (Å²) in [6.07, 6.45) is 2.64. The van der Waals surface area contributed by atoms with E-state index in [4.69, 9.17) is 17.3 Å². The second-order valence-electron chi connectivity index (χ2n) is 5.43. The summed E-state index contributed by atoms with van der Waals surface area (Å²) in [5, 5.41) is 3.66. The molecule has 0 heterocycles. The van der Waals surface area contributed by atoms with Gasteiger partial charge in [0, 0.05) is 12.2 Å². The van der Waals surface area contributed by atoms with Crippen molar-refractivity contribution in [3.05, 3.63) is 64.2 Å². The zero-order chi connectivity index (χ0) is 14.8. The van der Waals surface area contributed by atoms with Crippen molar-refractivity contribution in [2.24, 2.45) is 5.73 Å². The summed E-state index contributed by atoms with van der Waals surface area (Å²) in [6, 6.07) is 13.9. The minimum atomic E-state index is -0.516. The van der Waals surface area contributed by atoms with Gasteiger partial charge < -0.3 is 11.1 Å². The van der Waals surface area contributed by atoms with Gasteiger partial charge in [-0.3, -0.25) is 4.79 Å². The molecule has 0 aliphatic heterocycles. The predicted molar refractivity (Wildman–Crippen MR) is 85.7 cm³/mol. The lowest BCUT2D eigenvalue weighted by molar-refractivity contribution is 0.100. The van der Waals surface area contributed by atoms with E-state index in [0.717, 1.165) is 11.6 Å². The standard InChI is InChI=1S/C17H17ClN2O/c18-16-8-7-14(9-15(16)17(19)21)20-10-11-1-3-12(4-2-11)13-5-6-13/h1-4,7-9,13,20H,5-6,10H2,(H2,19,21). The predicted octanol–water partition coefficient (Wildman–Crippen LogP) is 3.93. The van der Waals surface area contributed by atoms with Crippen LogP contribution in [0.5, 0.6) is 0 Å². The second kappa shape index (κ2) is 5.78. The zero-order valence-corrected chi connectivity index (χ0v) is 12.4. The van der Waals surface area contributed by atoms with Crippen molar-refractivity contribution in [2.45, 2.75) is 25.3 Å². The van der Waals surface area contributed by atoms with Crippen LogP contribution in [-0.4, -0.2) is 5.91 Å². The molecule has 0 unspecified atom stereocenters. The first-order chi connectivity index (χ1) is 10.1. The van der Waals surface area contributed by atoms with Crippen LogP contribution in [0, 0.1) is 0 Å². The quantitative estimate of drug-likeness (QED) is 0.879. The zero-order valence-electron chi connectivity index (χ0n) is 11.6. The number of nitrogens with one attached hydrogen (secondary N) is 1. The fraction of sp³-hybridized carbons (Fsp3) is 0.235. The molecule has 3 rings (SSSR count). The minimum absolute atomic E-state index is 0.339. The molecule has 4 heteroatoms. The Labute approximate surface area is 129 Å². The van der Waals surface area contributed by atoms with Gasteiger partial charge in [0.25, 0.3) is 0 Å². The maximum atomic E-state index is 11.3. The van der Waals surface area contributed by atoms with Gasteiger partial charge in [-0.05, 0) is 48.1 Å². The number of amides is 1. The van der Waals surface area contributed by atoms with Crippen molar-refractivity contribution in [1.82, 2.24) is 0 Å². The van der Waals surface area contributed by atoms with Crippen LogP contribution in [0.4, 0.5) is 5.69 Å². The van der Waals surface area contributed by atoms with Gasteiger partial charge in [-0.15, -0.1) is 0 Å². The summed E-state index contributed by atoms with van der Waals surface area (Å²) < 4.78 is 0. The summed E-state index contributed by atoms with van der Waals surface area (Å²) in [6.45, 7) is 0.699. The third-order valence-electron chi connectivity index (χ3n) is 3.76. The Morgan fingerprint density at radius 3 is 2.52 bits per heavy atom. The molecule has 1 aliphatic rings. The molecule has 0 radical (unpaired) electrons. The highest BCUT2D eigenvalue weighted by atomic mass is 35.5. The largest absolute Gasteiger partial charge is 0.381 e. The molecular weight excluding hydrogens is 284 g/mol. The summed E-state index contributed by atoms with van der Waals surface area (Å²) in [4.78, 5) is 11.3. The smallest absolute Gasteiger partial charge is 0.250 e. The fourth-order valence-corrected chi connectivity index (χ4v) is 2.56. The molecule has 1 saturated carbocycles. The molecule has 2 aromatic rings. The average molecular weight is 301 g/mol. The first kappa shape index (κ1) is 14.0. The Hall–Kier alpha value is -2.00. The number of rotatable bonds is 5. The van der Waals surface area contributed by atoms with Crippen molar-refractivity contribution >= 4 is 23.2 Å². The van der Waals surface area contributed by atoms with E-state index in [0.29, 0.717) is 17.1 Å². The van der Waals surface area contributed by atoms with E-state index < -0.39 is 5.91 Å². The lowest BCUT2D eigenvalue weighted by atomic mass is 10.1. The SMILES string of the molecule is NC(=O)c1cc(NCc2ccc(C3CC3)cc2)ccc1Cl. The van der Waals surface area contributed by atoms with E-state index in [1.165, 1.54) is 24.0 Å². The maximum absolute atomic E-state index is 11.3. The van der Waals surface area contributed by atoms with Crippen LogP contribution in [0.1, 0.15) is 40.2 Å². The maximum Gasteiger partial charge on any atom is 0.250 e. The van der Waals surface area contributed by atoms with E-state index in [-0.39, 0.29) is 0 Å². The van der Waals surface area contributed by atoms with E-state index in [1.54, 1.807) is 12.1 Å².